The fraction of sp³-hybridized carbons (Fsp3) is 0.381. The second kappa shape index (κ2) is 9.84. The monoisotopic (exact) mass is 428 g/mol. The number of fused-ring (bicyclic) bond motifs is 1. The van der Waals surface area contributed by atoms with Crippen LogP contribution in [0, 0.1) is 0 Å². The van der Waals surface area contributed by atoms with E-state index in [9.17, 15) is 4.79 Å². The van der Waals surface area contributed by atoms with Crippen LogP contribution in [0.1, 0.15) is 12.8 Å². The lowest BCUT2D eigenvalue weighted by Gasteiger charge is -2.29. The molecule has 1 amide bonds. The Hall–Kier alpha value is -2.75. The molecule has 30 heavy (non-hydrogen) atoms. The first-order valence-electron chi connectivity index (χ1n) is 9.81. The summed E-state index contributed by atoms with van der Waals surface area (Å²) in [4.78, 5) is 20.4. The minimum atomic E-state index is -0.101. The summed E-state index contributed by atoms with van der Waals surface area (Å²) in [6.45, 7) is 1.25. The predicted octanol–water partition coefficient (Wildman–Crippen LogP) is 2.85. The minimum absolute atomic E-state index is 0.0148. The molecule has 1 aromatic carbocycles. The summed E-state index contributed by atoms with van der Waals surface area (Å²) < 4.78 is 17.3. The van der Waals surface area contributed by atoms with Gasteiger partial charge in [-0.2, -0.15) is 0 Å². The SMILES string of the molecule is COc1ccc2nccc(OC[C@@H]3CC[C@@H](NCC(=O)Nc4nccs4)CO3)c2c1. The van der Waals surface area contributed by atoms with E-state index in [2.05, 4.69) is 20.6 Å². The Morgan fingerprint density at radius 2 is 2.20 bits per heavy atom. The van der Waals surface area contributed by atoms with E-state index in [1.807, 2.05) is 29.6 Å². The van der Waals surface area contributed by atoms with Crippen LogP contribution in [-0.2, 0) is 9.53 Å². The van der Waals surface area contributed by atoms with Gasteiger partial charge < -0.3 is 24.8 Å². The molecular formula is C21H24N4O4S. The molecule has 3 aromatic rings. The Kier molecular flexibility index (Phi) is 6.73. The van der Waals surface area contributed by atoms with Crippen molar-refractivity contribution in [2.45, 2.75) is 25.0 Å². The average molecular weight is 429 g/mol. The van der Waals surface area contributed by atoms with Gasteiger partial charge in [-0.25, -0.2) is 4.98 Å². The van der Waals surface area contributed by atoms with Gasteiger partial charge in [0, 0.05) is 29.2 Å². The summed E-state index contributed by atoms with van der Waals surface area (Å²) in [6.07, 6.45) is 5.20. The molecule has 158 valence electrons. The number of hydrogen-bond acceptors (Lipinski definition) is 8. The fourth-order valence-electron chi connectivity index (χ4n) is 3.32. The molecule has 3 heterocycles. The maximum Gasteiger partial charge on any atom is 0.240 e. The Balaban J connectivity index is 1.22. The molecule has 2 N–H and O–H groups in total. The Morgan fingerprint density at radius 1 is 1.27 bits per heavy atom. The van der Waals surface area contributed by atoms with E-state index in [1.165, 1.54) is 11.3 Å². The van der Waals surface area contributed by atoms with Crippen LogP contribution >= 0.6 is 11.3 Å². The standard InChI is InChI=1S/C21H24N4O4S/c1-27-15-4-5-18-17(10-15)19(6-7-22-18)29-13-16-3-2-14(12-28-16)24-11-20(26)25-21-23-8-9-30-21/h4-10,14,16,24H,2-3,11-13H2,1H3,(H,23,25,26)/t14-,16+/m1/s1. The van der Waals surface area contributed by atoms with Crippen molar-refractivity contribution in [2.75, 3.05) is 32.2 Å². The van der Waals surface area contributed by atoms with Crippen molar-refractivity contribution in [1.82, 2.24) is 15.3 Å². The van der Waals surface area contributed by atoms with Crippen LogP contribution in [0.5, 0.6) is 11.5 Å². The van der Waals surface area contributed by atoms with E-state index in [1.54, 1.807) is 19.5 Å². The molecule has 1 aliphatic heterocycles. The van der Waals surface area contributed by atoms with Crippen molar-refractivity contribution in [2.24, 2.45) is 0 Å². The number of nitrogens with one attached hydrogen (secondary N) is 2. The zero-order valence-electron chi connectivity index (χ0n) is 16.7. The van der Waals surface area contributed by atoms with Crippen molar-refractivity contribution in [3.8, 4) is 11.5 Å². The summed E-state index contributed by atoms with van der Waals surface area (Å²) >= 11 is 1.40. The number of carbonyl (C=O) groups excluding carboxylic acids is 1. The van der Waals surface area contributed by atoms with Crippen molar-refractivity contribution in [3.05, 3.63) is 42.0 Å². The Bertz CT molecular complexity index is 974. The quantitative estimate of drug-likeness (QED) is 0.570. The zero-order chi connectivity index (χ0) is 20.8. The topological polar surface area (TPSA) is 94.6 Å². The number of hydrogen-bond donors (Lipinski definition) is 2. The van der Waals surface area contributed by atoms with Crippen LogP contribution in [0.4, 0.5) is 5.13 Å². The highest BCUT2D eigenvalue weighted by atomic mass is 32.1. The maximum absolute atomic E-state index is 11.9. The number of pyridine rings is 1. The number of amides is 1. The molecule has 0 saturated carbocycles. The number of nitrogens with zero attached hydrogens (tertiary/aromatic N) is 2. The van der Waals surface area contributed by atoms with Gasteiger partial charge in [0.25, 0.3) is 0 Å². The molecule has 9 heteroatoms. The van der Waals surface area contributed by atoms with Gasteiger partial charge in [-0.3, -0.25) is 9.78 Å². The molecule has 0 unspecified atom stereocenters. The van der Waals surface area contributed by atoms with Crippen molar-refractivity contribution in [3.63, 3.8) is 0 Å². The lowest BCUT2D eigenvalue weighted by molar-refractivity contribution is -0.115. The second-order valence-corrected chi connectivity index (χ2v) is 7.89. The van der Waals surface area contributed by atoms with E-state index >= 15 is 0 Å². The van der Waals surface area contributed by atoms with Crippen LogP contribution in [0.15, 0.2) is 42.0 Å². The Morgan fingerprint density at radius 3 is 2.97 bits per heavy atom. The largest absolute Gasteiger partial charge is 0.497 e. The second-order valence-electron chi connectivity index (χ2n) is 7.00. The van der Waals surface area contributed by atoms with Crippen LogP contribution < -0.4 is 20.1 Å². The molecular weight excluding hydrogens is 404 g/mol. The smallest absolute Gasteiger partial charge is 0.240 e. The maximum atomic E-state index is 11.9. The molecule has 2 aromatic heterocycles. The molecule has 1 aliphatic rings. The van der Waals surface area contributed by atoms with Gasteiger partial charge in [0.2, 0.25) is 5.91 Å². The first-order chi connectivity index (χ1) is 14.7. The third-order valence-corrected chi connectivity index (χ3v) is 5.62. The van der Waals surface area contributed by atoms with E-state index in [4.69, 9.17) is 14.2 Å². The molecule has 0 spiro atoms. The lowest BCUT2D eigenvalue weighted by atomic mass is 10.1. The van der Waals surface area contributed by atoms with E-state index in [0.717, 1.165) is 35.2 Å². The Labute approximate surface area is 178 Å². The summed E-state index contributed by atoms with van der Waals surface area (Å²) in [5.41, 5.74) is 0.859. The number of carbonyl (C=O) groups is 1. The molecule has 1 fully saturated rings. The molecule has 0 radical (unpaired) electrons. The third-order valence-electron chi connectivity index (χ3n) is 4.93. The normalized spacial score (nSPS) is 18.8. The lowest BCUT2D eigenvalue weighted by Crippen LogP contribution is -2.44. The summed E-state index contributed by atoms with van der Waals surface area (Å²) in [5, 5.41) is 9.36. The number of benzene rings is 1. The predicted molar refractivity (Wildman–Crippen MR) is 115 cm³/mol. The van der Waals surface area contributed by atoms with Crippen LogP contribution in [0.3, 0.4) is 0 Å². The fourth-order valence-corrected chi connectivity index (χ4v) is 3.86. The number of methoxy groups -OCH3 is 1. The van der Waals surface area contributed by atoms with Crippen molar-refractivity contribution in [1.29, 1.82) is 0 Å². The average Bonchev–Trinajstić information content (AvgIpc) is 3.29. The molecule has 8 nitrogen and oxygen atoms in total. The minimum Gasteiger partial charge on any atom is -0.497 e. The zero-order valence-corrected chi connectivity index (χ0v) is 17.5. The highest BCUT2D eigenvalue weighted by Gasteiger charge is 2.23. The van der Waals surface area contributed by atoms with Gasteiger partial charge in [-0.1, -0.05) is 0 Å². The number of ether oxygens (including phenoxy) is 3. The highest BCUT2D eigenvalue weighted by molar-refractivity contribution is 7.13. The van der Waals surface area contributed by atoms with Crippen molar-refractivity contribution < 1.29 is 19.0 Å². The van der Waals surface area contributed by atoms with E-state index < -0.39 is 0 Å². The molecule has 4 rings (SSSR count). The molecule has 0 bridgehead atoms. The highest BCUT2D eigenvalue weighted by Crippen LogP contribution is 2.28. The number of thiazole rings is 1. The van der Waals surface area contributed by atoms with Gasteiger partial charge in [0.15, 0.2) is 5.13 Å². The van der Waals surface area contributed by atoms with Gasteiger partial charge in [-0.15, -0.1) is 11.3 Å². The van der Waals surface area contributed by atoms with E-state index in [0.29, 0.717) is 18.3 Å². The molecule has 2 atom stereocenters. The van der Waals surface area contributed by atoms with Gasteiger partial charge in [-0.05, 0) is 37.1 Å². The van der Waals surface area contributed by atoms with Gasteiger partial charge in [0.1, 0.15) is 18.1 Å². The third kappa shape index (κ3) is 5.24. The summed E-state index contributed by atoms with van der Waals surface area (Å²) in [5.74, 6) is 1.43. The number of rotatable bonds is 8. The van der Waals surface area contributed by atoms with Gasteiger partial charge >= 0.3 is 0 Å². The number of aromatic nitrogens is 2. The van der Waals surface area contributed by atoms with E-state index in [-0.39, 0.29) is 24.6 Å². The molecule has 1 saturated heterocycles. The van der Waals surface area contributed by atoms with Crippen LogP contribution in [0.2, 0.25) is 0 Å². The summed E-state index contributed by atoms with van der Waals surface area (Å²) in [6, 6.07) is 7.73. The van der Waals surface area contributed by atoms with Crippen LogP contribution in [0.25, 0.3) is 10.9 Å². The van der Waals surface area contributed by atoms with Gasteiger partial charge in [0.05, 0.1) is 31.9 Å². The first-order valence-corrected chi connectivity index (χ1v) is 10.7. The number of anilines is 1. The summed E-state index contributed by atoms with van der Waals surface area (Å²) in [7, 11) is 1.64. The first kappa shape index (κ1) is 20.5. The van der Waals surface area contributed by atoms with Crippen molar-refractivity contribution >= 4 is 33.3 Å². The molecule has 0 aliphatic carbocycles. The van der Waals surface area contributed by atoms with Crippen LogP contribution in [-0.4, -0.2) is 54.9 Å².